The summed E-state index contributed by atoms with van der Waals surface area (Å²) in [4.78, 5) is 25.1. The molecule has 45 heavy (non-hydrogen) atoms. The number of aromatic nitrogens is 8. The van der Waals surface area contributed by atoms with Gasteiger partial charge in [0.25, 0.3) is 0 Å². The fourth-order valence-electron chi connectivity index (χ4n) is 5.06. The number of carboxylic acids is 1. The molecule has 4 N–H and O–H groups in total. The molecule has 0 amide bonds. The number of aliphatic hydroxyl groups excluding tert-OH is 1. The van der Waals surface area contributed by atoms with Crippen molar-refractivity contribution in [1.82, 2.24) is 39.7 Å². The first kappa shape index (κ1) is 31.8. The number of methoxy groups -OCH3 is 1. The van der Waals surface area contributed by atoms with E-state index in [0.29, 0.717) is 5.56 Å². The van der Waals surface area contributed by atoms with Gasteiger partial charge in [-0.25, -0.2) is 18.9 Å². The van der Waals surface area contributed by atoms with E-state index in [1.165, 1.54) is 11.8 Å². The summed E-state index contributed by atoms with van der Waals surface area (Å²) in [6.07, 6.45) is -4.56. The maximum Gasteiger partial charge on any atom is 0.344 e. The molecule has 1 unspecified atom stereocenters. The fourth-order valence-corrected chi connectivity index (χ4v) is 5.23. The van der Waals surface area contributed by atoms with Crippen LogP contribution in [0.2, 0.25) is 5.28 Å². The number of tetrazole rings is 1. The van der Waals surface area contributed by atoms with Crippen molar-refractivity contribution in [2.45, 2.75) is 49.9 Å². The third-order valence-electron chi connectivity index (χ3n) is 7.63. The molecular formula is C29H31ClFN9O5. The summed E-state index contributed by atoms with van der Waals surface area (Å²) in [5.41, 5.74) is 4.15. The molecule has 0 saturated heterocycles. The van der Waals surface area contributed by atoms with E-state index < -0.39 is 42.2 Å². The lowest BCUT2D eigenvalue weighted by Crippen LogP contribution is -2.49. The van der Waals surface area contributed by atoms with Gasteiger partial charge in [0.15, 0.2) is 17.3 Å². The highest BCUT2D eigenvalue weighted by atomic mass is 35.5. The summed E-state index contributed by atoms with van der Waals surface area (Å²) < 4.78 is 29.7. The van der Waals surface area contributed by atoms with E-state index in [2.05, 4.69) is 30.5 Å². The van der Waals surface area contributed by atoms with Crippen molar-refractivity contribution in [3.63, 3.8) is 0 Å². The molecule has 16 heteroatoms. The number of hydrogen-bond donors (Lipinski definition) is 3. The first-order valence-corrected chi connectivity index (χ1v) is 14.1. The monoisotopic (exact) mass is 639 g/mol. The lowest BCUT2D eigenvalue weighted by atomic mass is 9.90. The van der Waals surface area contributed by atoms with Crippen LogP contribution in [0.3, 0.4) is 0 Å². The van der Waals surface area contributed by atoms with E-state index >= 15 is 4.39 Å². The van der Waals surface area contributed by atoms with Gasteiger partial charge in [-0.3, -0.25) is 4.57 Å². The molecule has 0 saturated carbocycles. The van der Waals surface area contributed by atoms with Crippen molar-refractivity contribution in [1.29, 1.82) is 0 Å². The van der Waals surface area contributed by atoms with Gasteiger partial charge >= 0.3 is 5.97 Å². The summed E-state index contributed by atoms with van der Waals surface area (Å²) in [6.45, 7) is 3.09. The Morgan fingerprint density at radius 2 is 1.78 bits per heavy atom. The quantitative estimate of drug-likeness (QED) is 0.160. The van der Waals surface area contributed by atoms with Crippen molar-refractivity contribution < 1.29 is 28.9 Å². The Morgan fingerprint density at radius 3 is 2.42 bits per heavy atom. The van der Waals surface area contributed by atoms with E-state index in [1.54, 1.807) is 30.3 Å². The Labute approximate surface area is 261 Å². The van der Waals surface area contributed by atoms with Crippen molar-refractivity contribution in [2.24, 2.45) is 0 Å². The topological polar surface area (TPSA) is 189 Å². The molecule has 0 bridgehead atoms. The van der Waals surface area contributed by atoms with Crippen LogP contribution in [0.25, 0.3) is 11.2 Å². The van der Waals surface area contributed by atoms with Crippen LogP contribution in [0.15, 0.2) is 67.0 Å². The first-order chi connectivity index (χ1) is 21.5. The van der Waals surface area contributed by atoms with Gasteiger partial charge in [-0.2, -0.15) is 9.97 Å². The maximum atomic E-state index is 15.8. The number of hydrogen-bond acceptors (Lipinski definition) is 11. The fraction of sp³-hybridized carbons (Fsp3) is 0.345. The van der Waals surface area contributed by atoms with Gasteiger partial charge in [0, 0.05) is 13.5 Å². The number of fused-ring (bicyclic) bond motifs is 1. The zero-order valence-electron chi connectivity index (χ0n) is 24.5. The van der Waals surface area contributed by atoms with Gasteiger partial charge in [0.1, 0.15) is 17.7 Å². The second-order valence-electron chi connectivity index (χ2n) is 10.8. The smallest absolute Gasteiger partial charge is 0.344 e. The minimum atomic E-state index is -2.20. The third-order valence-corrected chi connectivity index (χ3v) is 7.80. The number of nitrogens with two attached hydrogens (primary N) is 1. The number of nitrogen functional groups attached to an aromatic ring is 1. The third kappa shape index (κ3) is 6.07. The van der Waals surface area contributed by atoms with Crippen LogP contribution in [0.4, 0.5) is 10.2 Å². The lowest BCUT2D eigenvalue weighted by Gasteiger charge is -2.35. The number of rotatable bonds is 13. The van der Waals surface area contributed by atoms with Gasteiger partial charge in [-0.1, -0.05) is 60.7 Å². The predicted molar refractivity (Wildman–Crippen MR) is 160 cm³/mol. The number of anilines is 1. The standard InChI is InChI=1S/C29H31ClFN9O5/c1-28(2,18-12-8-5-9-13-18)40-25(36-37-38-40)29(26(42)43,14-17-10-6-4-7-11-17)45-15-19(44-3)21(41)22(31)39-16-33-20-23(32)34-27(30)35-24(20)39/h4-13,16,19,21-22,41H,14-15H2,1-3H3,(H,42,43)(H2,32,34,35)/t19-,21-,22-,29?/m1/s1. The van der Waals surface area contributed by atoms with Crippen LogP contribution in [-0.2, 0) is 31.8 Å². The minimum Gasteiger partial charge on any atom is -0.479 e. The summed E-state index contributed by atoms with van der Waals surface area (Å²) in [7, 11) is 1.23. The van der Waals surface area contributed by atoms with Gasteiger partial charge in [0.2, 0.25) is 17.2 Å². The molecule has 0 aliphatic rings. The molecule has 4 atom stereocenters. The second-order valence-corrected chi connectivity index (χ2v) is 11.1. The molecule has 5 aromatic rings. The number of aliphatic carboxylic acids is 1. The molecule has 5 rings (SSSR count). The summed E-state index contributed by atoms with van der Waals surface area (Å²) in [5, 5.41) is 33.8. The highest BCUT2D eigenvalue weighted by molar-refractivity contribution is 6.28. The van der Waals surface area contributed by atoms with Gasteiger partial charge in [0.05, 0.1) is 18.5 Å². The number of halogens is 2. The minimum absolute atomic E-state index is 0.0545. The average Bonchev–Trinajstić information content (AvgIpc) is 3.70. The van der Waals surface area contributed by atoms with Crippen molar-refractivity contribution in [3.8, 4) is 0 Å². The van der Waals surface area contributed by atoms with Crippen molar-refractivity contribution >= 4 is 34.6 Å². The largest absolute Gasteiger partial charge is 0.479 e. The number of aliphatic hydroxyl groups is 1. The summed E-state index contributed by atoms with van der Waals surface area (Å²) in [5.74, 6) is -1.59. The van der Waals surface area contributed by atoms with E-state index in [9.17, 15) is 15.0 Å². The summed E-state index contributed by atoms with van der Waals surface area (Å²) >= 11 is 5.91. The molecule has 0 fully saturated rings. The van der Waals surface area contributed by atoms with E-state index in [-0.39, 0.29) is 34.5 Å². The van der Waals surface area contributed by atoms with E-state index in [1.807, 2.05) is 44.2 Å². The van der Waals surface area contributed by atoms with Crippen LogP contribution in [0.1, 0.15) is 37.1 Å². The number of alkyl halides is 1. The predicted octanol–water partition coefficient (Wildman–Crippen LogP) is 2.92. The Balaban J connectivity index is 1.52. The van der Waals surface area contributed by atoms with Crippen LogP contribution in [-0.4, -0.2) is 81.8 Å². The molecule has 14 nitrogen and oxygen atoms in total. The number of carboxylic acid groups (broad SMARTS) is 1. The number of imidazole rings is 1. The van der Waals surface area contributed by atoms with Crippen LogP contribution < -0.4 is 5.73 Å². The highest BCUT2D eigenvalue weighted by Gasteiger charge is 2.50. The highest BCUT2D eigenvalue weighted by Crippen LogP contribution is 2.35. The molecule has 3 aromatic heterocycles. The normalized spacial score (nSPS) is 15.4. The van der Waals surface area contributed by atoms with E-state index in [4.69, 9.17) is 26.8 Å². The lowest BCUT2D eigenvalue weighted by molar-refractivity contribution is -0.182. The summed E-state index contributed by atoms with van der Waals surface area (Å²) in [6, 6.07) is 18.1. The van der Waals surface area contributed by atoms with Gasteiger partial charge in [-0.05, 0) is 47.0 Å². The van der Waals surface area contributed by atoms with Crippen LogP contribution >= 0.6 is 11.6 Å². The van der Waals surface area contributed by atoms with Crippen molar-refractivity contribution in [2.75, 3.05) is 19.5 Å². The number of ether oxygens (including phenoxy) is 2. The number of carbonyl (C=O) groups is 1. The Hall–Kier alpha value is -4.57. The van der Waals surface area contributed by atoms with E-state index in [0.717, 1.165) is 16.5 Å². The maximum absolute atomic E-state index is 15.8. The molecule has 0 spiro atoms. The first-order valence-electron chi connectivity index (χ1n) is 13.8. The molecule has 0 radical (unpaired) electrons. The van der Waals surface area contributed by atoms with Crippen LogP contribution in [0.5, 0.6) is 0 Å². The zero-order valence-corrected chi connectivity index (χ0v) is 25.3. The van der Waals surface area contributed by atoms with Crippen molar-refractivity contribution in [3.05, 3.63) is 89.2 Å². The molecule has 3 heterocycles. The Bertz CT molecular complexity index is 1770. The van der Waals surface area contributed by atoms with Gasteiger partial charge < -0.3 is 25.4 Å². The Kier molecular flexibility index (Phi) is 9.06. The molecular weight excluding hydrogens is 609 g/mol. The zero-order chi connectivity index (χ0) is 32.4. The number of nitrogens with zero attached hydrogens (tertiary/aromatic N) is 8. The van der Waals surface area contributed by atoms with Crippen LogP contribution in [0, 0.1) is 0 Å². The second kappa shape index (κ2) is 12.8. The molecule has 0 aliphatic carbocycles. The average molecular weight is 640 g/mol. The Morgan fingerprint density at radius 1 is 1.11 bits per heavy atom. The molecule has 2 aromatic carbocycles. The SMILES string of the molecule is CO[C@H](COC(Cc1ccccc1)(C(=O)O)c1nnnn1C(C)(C)c1ccccc1)[C@@H](O)[C@H](F)n1cnc2c(N)nc(Cl)nc21. The molecule has 0 aliphatic heterocycles. The number of benzene rings is 2. The molecule has 236 valence electrons. The van der Waals surface area contributed by atoms with Gasteiger partial charge in [-0.15, -0.1) is 5.10 Å².